The first-order valence-corrected chi connectivity index (χ1v) is 11.4. The van der Waals surface area contributed by atoms with Crippen LogP contribution in [0.5, 0.6) is 11.5 Å². The lowest BCUT2D eigenvalue weighted by Crippen LogP contribution is -2.41. The van der Waals surface area contributed by atoms with Crippen molar-refractivity contribution >= 4 is 11.8 Å². The van der Waals surface area contributed by atoms with Gasteiger partial charge in [0, 0.05) is 28.9 Å². The van der Waals surface area contributed by atoms with Crippen LogP contribution in [-0.2, 0) is 6.42 Å². The van der Waals surface area contributed by atoms with Gasteiger partial charge in [0.2, 0.25) is 0 Å². The first-order valence-electron chi connectivity index (χ1n) is 11.4. The molecule has 1 aromatic heterocycles. The van der Waals surface area contributed by atoms with Crippen LogP contribution in [0.3, 0.4) is 0 Å². The van der Waals surface area contributed by atoms with Crippen LogP contribution in [0.4, 0.5) is 14.9 Å². The maximum absolute atomic E-state index is 14.5. The molecule has 1 saturated heterocycles. The quantitative estimate of drug-likeness (QED) is 0.569. The number of nitrogens with zero attached hydrogens (tertiary/aromatic N) is 3. The van der Waals surface area contributed by atoms with Crippen LogP contribution in [0.1, 0.15) is 37.8 Å². The number of anilines is 1. The van der Waals surface area contributed by atoms with Crippen molar-refractivity contribution in [3.8, 4) is 22.6 Å². The lowest BCUT2D eigenvalue weighted by atomic mass is 9.92. The van der Waals surface area contributed by atoms with E-state index in [1.54, 1.807) is 24.4 Å². The number of piperidine rings is 1. The van der Waals surface area contributed by atoms with Gasteiger partial charge in [0.25, 0.3) is 0 Å². The Morgan fingerprint density at radius 1 is 1.18 bits per heavy atom. The summed E-state index contributed by atoms with van der Waals surface area (Å²) in [7, 11) is 0. The second-order valence-electron chi connectivity index (χ2n) is 8.70. The lowest BCUT2D eigenvalue weighted by Gasteiger charge is -2.34. The number of amides is 1. The SMILES string of the molecule is C[C@H]1CCc2c(ccc(-c3cnn(C4CCNCC4)c3)c2Oc2ccccc2F)N1C(=O)O. The van der Waals surface area contributed by atoms with Gasteiger partial charge in [-0.3, -0.25) is 9.58 Å². The summed E-state index contributed by atoms with van der Waals surface area (Å²) >= 11 is 0. The molecule has 8 heteroatoms. The predicted octanol–water partition coefficient (Wildman–Crippen LogP) is 5.23. The molecule has 5 rings (SSSR count). The van der Waals surface area contributed by atoms with Crippen LogP contribution >= 0.6 is 0 Å². The fourth-order valence-electron chi connectivity index (χ4n) is 4.83. The third-order valence-electron chi connectivity index (χ3n) is 6.60. The molecular weight excluding hydrogens is 423 g/mol. The molecule has 0 aliphatic carbocycles. The molecule has 0 bridgehead atoms. The summed E-state index contributed by atoms with van der Waals surface area (Å²) < 4.78 is 22.7. The number of benzene rings is 2. The zero-order valence-corrected chi connectivity index (χ0v) is 18.5. The van der Waals surface area contributed by atoms with Gasteiger partial charge in [-0.2, -0.15) is 5.10 Å². The van der Waals surface area contributed by atoms with Crippen molar-refractivity contribution < 1.29 is 19.0 Å². The Kier molecular flexibility index (Phi) is 5.76. The van der Waals surface area contributed by atoms with E-state index in [0.717, 1.165) is 42.6 Å². The van der Waals surface area contributed by atoms with E-state index in [9.17, 15) is 14.3 Å². The van der Waals surface area contributed by atoms with E-state index in [2.05, 4.69) is 10.4 Å². The monoisotopic (exact) mass is 450 g/mol. The fraction of sp³-hybridized carbons (Fsp3) is 0.360. The number of rotatable bonds is 4. The number of hydrogen-bond acceptors (Lipinski definition) is 4. The summed E-state index contributed by atoms with van der Waals surface area (Å²) in [6.07, 6.45) is 6.12. The van der Waals surface area contributed by atoms with Crippen molar-refractivity contribution in [2.45, 2.75) is 44.7 Å². The summed E-state index contributed by atoms with van der Waals surface area (Å²) in [4.78, 5) is 13.4. The summed E-state index contributed by atoms with van der Waals surface area (Å²) in [6, 6.07) is 10.1. The number of carbonyl (C=O) groups is 1. The maximum atomic E-state index is 14.5. The van der Waals surface area contributed by atoms with Gasteiger partial charge in [-0.15, -0.1) is 0 Å². The Hall–Kier alpha value is -3.39. The minimum absolute atomic E-state index is 0.110. The maximum Gasteiger partial charge on any atom is 0.412 e. The van der Waals surface area contributed by atoms with E-state index in [4.69, 9.17) is 4.74 Å². The lowest BCUT2D eigenvalue weighted by molar-refractivity contribution is 0.198. The molecule has 1 fully saturated rings. The molecule has 0 unspecified atom stereocenters. The number of fused-ring (bicyclic) bond motifs is 1. The largest absolute Gasteiger partial charge is 0.465 e. The van der Waals surface area contributed by atoms with Gasteiger partial charge >= 0.3 is 6.09 Å². The normalized spacial score (nSPS) is 18.7. The first-order chi connectivity index (χ1) is 16.0. The second kappa shape index (κ2) is 8.86. The Bertz CT molecular complexity index is 1170. The highest BCUT2D eigenvalue weighted by molar-refractivity contribution is 5.91. The highest BCUT2D eigenvalue weighted by Gasteiger charge is 2.32. The van der Waals surface area contributed by atoms with E-state index in [1.807, 2.05) is 29.9 Å². The van der Waals surface area contributed by atoms with Gasteiger partial charge in [0.05, 0.1) is 17.9 Å². The van der Waals surface area contributed by atoms with Crippen LogP contribution in [-0.4, -0.2) is 40.1 Å². The van der Waals surface area contributed by atoms with Crippen LogP contribution < -0.4 is 15.0 Å². The number of para-hydroxylation sites is 1. The summed E-state index contributed by atoms with van der Waals surface area (Å²) in [5.41, 5.74) is 2.99. The topological polar surface area (TPSA) is 79.6 Å². The third-order valence-corrected chi connectivity index (χ3v) is 6.60. The van der Waals surface area contributed by atoms with Gasteiger partial charge in [-0.1, -0.05) is 12.1 Å². The van der Waals surface area contributed by atoms with E-state index >= 15 is 0 Å². The van der Waals surface area contributed by atoms with Crippen molar-refractivity contribution in [2.75, 3.05) is 18.0 Å². The zero-order valence-electron chi connectivity index (χ0n) is 18.5. The molecule has 0 saturated carbocycles. The molecule has 1 atom stereocenters. The molecule has 0 radical (unpaired) electrons. The number of carboxylic acid groups (broad SMARTS) is 1. The fourth-order valence-corrected chi connectivity index (χ4v) is 4.83. The molecule has 2 aliphatic rings. The first kappa shape index (κ1) is 21.5. The third kappa shape index (κ3) is 4.06. The number of hydrogen-bond donors (Lipinski definition) is 2. The molecule has 2 aromatic carbocycles. The predicted molar refractivity (Wildman–Crippen MR) is 124 cm³/mol. The van der Waals surface area contributed by atoms with Gasteiger partial charge in [-0.25, -0.2) is 9.18 Å². The molecule has 3 heterocycles. The standard InChI is InChI=1S/C25H27FN4O3/c1-16-6-7-20-22(30(16)25(31)32)9-8-19(24(20)33-23-5-3-2-4-21(23)26)17-14-28-29(15-17)18-10-12-27-13-11-18/h2-5,8-9,14-16,18,27H,6-7,10-13H2,1H3,(H,31,32)/t16-/m0/s1. The van der Waals surface area contributed by atoms with E-state index in [0.29, 0.717) is 30.3 Å². The molecule has 172 valence electrons. The van der Waals surface area contributed by atoms with Crippen molar-refractivity contribution in [1.82, 2.24) is 15.1 Å². The molecule has 2 N–H and O–H groups in total. The smallest absolute Gasteiger partial charge is 0.412 e. The number of halogens is 1. The molecule has 1 amide bonds. The molecule has 2 aliphatic heterocycles. The minimum atomic E-state index is -1.01. The highest BCUT2D eigenvalue weighted by Crippen LogP contribution is 2.45. The van der Waals surface area contributed by atoms with Crippen molar-refractivity contribution in [3.05, 3.63) is 60.2 Å². The summed E-state index contributed by atoms with van der Waals surface area (Å²) in [5.74, 6) is 0.129. The van der Waals surface area contributed by atoms with E-state index in [-0.39, 0.29) is 11.8 Å². The summed E-state index contributed by atoms with van der Waals surface area (Å²) in [5, 5.41) is 17.8. The van der Waals surface area contributed by atoms with Crippen molar-refractivity contribution in [3.63, 3.8) is 0 Å². The zero-order chi connectivity index (χ0) is 22.9. The van der Waals surface area contributed by atoms with Crippen LogP contribution in [0.25, 0.3) is 11.1 Å². The van der Waals surface area contributed by atoms with Crippen LogP contribution in [0, 0.1) is 5.82 Å². The number of nitrogens with one attached hydrogen (secondary N) is 1. The van der Waals surface area contributed by atoms with E-state index < -0.39 is 11.9 Å². The van der Waals surface area contributed by atoms with Gasteiger partial charge in [0.1, 0.15) is 5.75 Å². The molecule has 33 heavy (non-hydrogen) atoms. The Morgan fingerprint density at radius 2 is 1.97 bits per heavy atom. The van der Waals surface area contributed by atoms with Gasteiger partial charge in [0.15, 0.2) is 11.6 Å². The molecule has 3 aromatic rings. The summed E-state index contributed by atoms with van der Waals surface area (Å²) in [6.45, 7) is 3.82. The van der Waals surface area contributed by atoms with Gasteiger partial charge in [-0.05, 0) is 70.0 Å². The molecular formula is C25H27FN4O3. The minimum Gasteiger partial charge on any atom is -0.465 e. The highest BCUT2D eigenvalue weighted by atomic mass is 19.1. The number of ether oxygens (including phenoxy) is 1. The van der Waals surface area contributed by atoms with Crippen molar-refractivity contribution in [2.24, 2.45) is 0 Å². The Balaban J connectivity index is 1.61. The average molecular weight is 451 g/mol. The van der Waals surface area contributed by atoms with Crippen LogP contribution in [0.15, 0.2) is 48.8 Å². The Labute approximate surface area is 191 Å². The van der Waals surface area contributed by atoms with Crippen molar-refractivity contribution in [1.29, 1.82) is 0 Å². The Morgan fingerprint density at radius 3 is 2.73 bits per heavy atom. The second-order valence-corrected chi connectivity index (χ2v) is 8.70. The molecule has 0 spiro atoms. The van der Waals surface area contributed by atoms with Crippen LogP contribution in [0.2, 0.25) is 0 Å². The number of aromatic nitrogens is 2. The average Bonchev–Trinajstić information content (AvgIpc) is 3.31. The molecule has 7 nitrogen and oxygen atoms in total. The van der Waals surface area contributed by atoms with Gasteiger partial charge < -0.3 is 15.2 Å². The van der Waals surface area contributed by atoms with E-state index in [1.165, 1.54) is 11.0 Å².